The maximum Gasteiger partial charge on any atom is 0.199 e. The van der Waals surface area contributed by atoms with E-state index in [0.717, 1.165) is 13.0 Å². The molecule has 1 atom stereocenters. The minimum absolute atomic E-state index is 0.0271. The van der Waals surface area contributed by atoms with Crippen LogP contribution in [-0.4, -0.2) is 51.8 Å². The second-order valence-corrected chi connectivity index (χ2v) is 9.25. The Balaban J connectivity index is 1.90. The Morgan fingerprint density at radius 2 is 2.12 bits per heavy atom. The first-order valence-corrected chi connectivity index (χ1v) is 10.9. The summed E-state index contributed by atoms with van der Waals surface area (Å²) in [6, 6.07) is 6.43. The normalized spacial score (nSPS) is 19.3. The Hall–Kier alpha value is -1.58. The summed E-state index contributed by atoms with van der Waals surface area (Å²) < 4.78 is 41.6. The molecule has 2 heterocycles. The molecule has 0 N–H and O–H groups in total. The molecule has 1 aromatic carbocycles. The summed E-state index contributed by atoms with van der Waals surface area (Å²) >= 11 is 5.48. The highest BCUT2D eigenvalue weighted by Crippen LogP contribution is 2.22. The lowest BCUT2D eigenvalue weighted by Gasteiger charge is -2.27. The molecule has 0 radical (unpaired) electrons. The highest BCUT2D eigenvalue weighted by molar-refractivity contribution is 7.91. The highest BCUT2D eigenvalue weighted by Gasteiger charge is 2.32. The topological polar surface area (TPSA) is 60.1 Å². The number of hydrogen-bond acceptors (Lipinski definition) is 5. The van der Waals surface area contributed by atoms with E-state index in [9.17, 15) is 12.8 Å². The zero-order chi connectivity index (χ0) is 18.9. The molecule has 0 amide bonds. The zero-order valence-corrected chi connectivity index (χ0v) is 16.6. The van der Waals surface area contributed by atoms with Crippen LogP contribution in [0.3, 0.4) is 0 Å². The fourth-order valence-electron chi connectivity index (χ4n) is 3.35. The van der Waals surface area contributed by atoms with E-state index in [-0.39, 0.29) is 23.4 Å². The lowest BCUT2D eigenvalue weighted by Crippen LogP contribution is -2.38. The van der Waals surface area contributed by atoms with E-state index in [0.29, 0.717) is 29.2 Å². The van der Waals surface area contributed by atoms with E-state index in [4.69, 9.17) is 12.2 Å². The largest absolute Gasteiger partial charge is 0.303 e. The second-order valence-electron chi connectivity index (χ2n) is 6.66. The van der Waals surface area contributed by atoms with Gasteiger partial charge in [0.25, 0.3) is 0 Å². The van der Waals surface area contributed by atoms with Crippen molar-refractivity contribution < 1.29 is 12.8 Å². The fraction of sp³-hybridized carbons (Fsp3) is 0.529. The molecule has 1 saturated heterocycles. The van der Waals surface area contributed by atoms with Crippen molar-refractivity contribution in [3.8, 4) is 11.4 Å². The third kappa shape index (κ3) is 3.89. The van der Waals surface area contributed by atoms with Crippen LogP contribution in [-0.2, 0) is 23.6 Å². The molecule has 1 aromatic heterocycles. The fourth-order valence-corrected chi connectivity index (χ4v) is 5.30. The number of nitrogens with zero attached hydrogens (tertiary/aromatic N) is 4. The van der Waals surface area contributed by atoms with Crippen LogP contribution in [0.4, 0.5) is 4.39 Å². The standard InChI is InChI=1S/C17H23FN4O2S2/c1-3-9-21(13-8-10-26(23,24)11-13)12-22-17(25)20(2)16(19-22)14-6-4-5-7-15(14)18/h4-7,13H,3,8-12H2,1-2H3/t13-/m0/s1. The predicted molar refractivity (Wildman–Crippen MR) is 101 cm³/mol. The Labute approximate surface area is 158 Å². The predicted octanol–water partition coefficient (Wildman–Crippen LogP) is 2.61. The number of aromatic nitrogens is 3. The van der Waals surface area contributed by atoms with Gasteiger partial charge in [-0.3, -0.25) is 4.90 Å². The average molecular weight is 399 g/mol. The molecule has 0 unspecified atom stereocenters. The first-order valence-electron chi connectivity index (χ1n) is 8.65. The van der Waals surface area contributed by atoms with Gasteiger partial charge in [0.15, 0.2) is 20.4 Å². The van der Waals surface area contributed by atoms with Gasteiger partial charge in [-0.15, -0.1) is 0 Å². The number of hydrogen-bond donors (Lipinski definition) is 0. The lowest BCUT2D eigenvalue weighted by atomic mass is 10.2. The van der Waals surface area contributed by atoms with Gasteiger partial charge in [-0.2, -0.15) is 5.10 Å². The van der Waals surface area contributed by atoms with Crippen molar-refractivity contribution in [2.75, 3.05) is 18.1 Å². The molecule has 0 saturated carbocycles. The molecule has 1 aliphatic rings. The Morgan fingerprint density at radius 3 is 2.73 bits per heavy atom. The molecule has 142 valence electrons. The quantitative estimate of drug-likeness (QED) is 0.700. The van der Waals surface area contributed by atoms with Crippen molar-refractivity contribution in [1.29, 1.82) is 0 Å². The summed E-state index contributed by atoms with van der Waals surface area (Å²) in [6.45, 7) is 3.21. The van der Waals surface area contributed by atoms with Gasteiger partial charge >= 0.3 is 0 Å². The van der Waals surface area contributed by atoms with Crippen LogP contribution in [0.15, 0.2) is 24.3 Å². The highest BCUT2D eigenvalue weighted by atomic mass is 32.2. The van der Waals surface area contributed by atoms with E-state index in [1.165, 1.54) is 6.07 Å². The smallest absolute Gasteiger partial charge is 0.199 e. The zero-order valence-electron chi connectivity index (χ0n) is 14.9. The van der Waals surface area contributed by atoms with E-state index in [1.54, 1.807) is 34.5 Å². The third-order valence-corrected chi connectivity index (χ3v) is 6.94. The molecule has 1 aliphatic heterocycles. The van der Waals surface area contributed by atoms with Crippen LogP contribution >= 0.6 is 12.2 Å². The third-order valence-electron chi connectivity index (χ3n) is 4.71. The van der Waals surface area contributed by atoms with Crippen LogP contribution in [0.2, 0.25) is 0 Å². The summed E-state index contributed by atoms with van der Waals surface area (Å²) in [5, 5.41) is 4.51. The van der Waals surface area contributed by atoms with Crippen LogP contribution in [0.25, 0.3) is 11.4 Å². The summed E-state index contributed by atoms with van der Waals surface area (Å²) in [5.41, 5.74) is 0.394. The lowest BCUT2D eigenvalue weighted by molar-refractivity contribution is 0.155. The van der Waals surface area contributed by atoms with Gasteiger partial charge in [0.1, 0.15) is 5.82 Å². The molecule has 2 aromatic rings. The molecule has 0 bridgehead atoms. The molecular formula is C17H23FN4O2S2. The van der Waals surface area contributed by atoms with Gasteiger partial charge in [0.2, 0.25) is 0 Å². The van der Waals surface area contributed by atoms with Gasteiger partial charge in [-0.1, -0.05) is 19.1 Å². The first kappa shape index (κ1) is 19.2. The minimum Gasteiger partial charge on any atom is -0.303 e. The Morgan fingerprint density at radius 1 is 1.38 bits per heavy atom. The Bertz CT molecular complexity index is 952. The van der Waals surface area contributed by atoms with Gasteiger partial charge < -0.3 is 4.57 Å². The summed E-state index contributed by atoms with van der Waals surface area (Å²) in [6.07, 6.45) is 1.53. The van der Waals surface area contributed by atoms with Crippen LogP contribution in [0.5, 0.6) is 0 Å². The van der Waals surface area contributed by atoms with Crippen molar-refractivity contribution in [1.82, 2.24) is 19.2 Å². The van der Waals surface area contributed by atoms with Gasteiger partial charge in [0, 0.05) is 13.1 Å². The molecule has 6 nitrogen and oxygen atoms in total. The molecule has 26 heavy (non-hydrogen) atoms. The van der Waals surface area contributed by atoms with Gasteiger partial charge in [0.05, 0.1) is 23.7 Å². The molecule has 0 aliphatic carbocycles. The Kier molecular flexibility index (Phi) is 5.59. The van der Waals surface area contributed by atoms with Crippen molar-refractivity contribution in [2.24, 2.45) is 7.05 Å². The van der Waals surface area contributed by atoms with Crippen molar-refractivity contribution in [3.05, 3.63) is 34.9 Å². The van der Waals surface area contributed by atoms with Gasteiger partial charge in [-0.05, 0) is 43.7 Å². The van der Waals surface area contributed by atoms with Crippen LogP contribution in [0.1, 0.15) is 19.8 Å². The summed E-state index contributed by atoms with van der Waals surface area (Å²) in [4.78, 5) is 2.11. The number of benzene rings is 1. The molecule has 9 heteroatoms. The maximum absolute atomic E-state index is 14.1. The summed E-state index contributed by atoms with van der Waals surface area (Å²) in [5.74, 6) is 0.512. The minimum atomic E-state index is -2.96. The van der Waals surface area contributed by atoms with Crippen molar-refractivity contribution in [3.63, 3.8) is 0 Å². The van der Waals surface area contributed by atoms with E-state index >= 15 is 0 Å². The van der Waals surface area contributed by atoms with E-state index < -0.39 is 9.84 Å². The number of sulfone groups is 1. The van der Waals surface area contributed by atoms with Gasteiger partial charge in [-0.25, -0.2) is 17.5 Å². The second kappa shape index (κ2) is 7.58. The number of halogens is 1. The van der Waals surface area contributed by atoms with Crippen LogP contribution in [0, 0.1) is 10.6 Å². The van der Waals surface area contributed by atoms with Crippen molar-refractivity contribution >= 4 is 22.1 Å². The molecular weight excluding hydrogens is 375 g/mol. The molecule has 0 spiro atoms. The SMILES string of the molecule is CCCN(Cn1nc(-c2ccccc2F)n(C)c1=S)[C@H]1CCS(=O)(=O)C1. The molecule has 3 rings (SSSR count). The monoisotopic (exact) mass is 398 g/mol. The average Bonchev–Trinajstić information content (AvgIpc) is 3.09. The number of rotatable bonds is 6. The molecule has 1 fully saturated rings. The van der Waals surface area contributed by atoms with E-state index in [1.807, 2.05) is 0 Å². The summed E-state index contributed by atoms with van der Waals surface area (Å²) in [7, 11) is -1.20. The van der Waals surface area contributed by atoms with E-state index in [2.05, 4.69) is 16.9 Å². The van der Waals surface area contributed by atoms with Crippen molar-refractivity contribution in [2.45, 2.75) is 32.5 Å². The first-order chi connectivity index (χ1) is 12.3. The maximum atomic E-state index is 14.1. The van der Waals surface area contributed by atoms with Crippen LogP contribution < -0.4 is 0 Å².